The molecule has 5 nitrogen and oxygen atoms in total. The van der Waals surface area contributed by atoms with Crippen molar-refractivity contribution in [1.82, 2.24) is 10.2 Å². The van der Waals surface area contributed by atoms with Gasteiger partial charge in [0.15, 0.2) is 5.82 Å². The number of aromatic nitrogens is 2. The van der Waals surface area contributed by atoms with E-state index in [1.165, 1.54) is 6.20 Å². The molecule has 1 atom stereocenters. The van der Waals surface area contributed by atoms with E-state index in [0.717, 1.165) is 12.0 Å². The average Bonchev–Trinajstić information content (AvgIpc) is 2.48. The number of benzene rings is 1. The second-order valence-electron chi connectivity index (χ2n) is 4.14. The van der Waals surface area contributed by atoms with Crippen molar-refractivity contribution in [3.05, 3.63) is 53.7 Å². The molecule has 5 heteroatoms. The van der Waals surface area contributed by atoms with Crippen molar-refractivity contribution in [1.29, 1.82) is 5.26 Å². The van der Waals surface area contributed by atoms with Gasteiger partial charge in [-0.15, -0.1) is 5.10 Å². The van der Waals surface area contributed by atoms with Crippen LogP contribution in [0.3, 0.4) is 0 Å². The zero-order chi connectivity index (χ0) is 13.5. The largest absolute Gasteiger partial charge is 0.367 e. The van der Waals surface area contributed by atoms with E-state index in [0.29, 0.717) is 17.9 Å². The van der Waals surface area contributed by atoms with Gasteiger partial charge in [-0.3, -0.25) is 0 Å². The third-order valence-corrected chi connectivity index (χ3v) is 2.82. The Labute approximate surface area is 112 Å². The summed E-state index contributed by atoms with van der Waals surface area (Å²) in [6, 6.07) is 13.6. The highest BCUT2D eigenvalue weighted by Crippen LogP contribution is 2.14. The van der Waals surface area contributed by atoms with Gasteiger partial charge in [0.2, 0.25) is 0 Å². The van der Waals surface area contributed by atoms with Gasteiger partial charge >= 0.3 is 0 Å². The minimum absolute atomic E-state index is 0.0316. The van der Waals surface area contributed by atoms with Crippen LogP contribution < -0.4 is 11.1 Å². The number of nitrogens with zero attached hydrogens (tertiary/aromatic N) is 3. The van der Waals surface area contributed by atoms with Crippen LogP contribution in [0, 0.1) is 11.3 Å². The summed E-state index contributed by atoms with van der Waals surface area (Å²) in [5.41, 5.74) is 7.68. The van der Waals surface area contributed by atoms with Crippen LogP contribution in [0.15, 0.2) is 42.6 Å². The highest BCUT2D eigenvalue weighted by Gasteiger charge is 2.06. The summed E-state index contributed by atoms with van der Waals surface area (Å²) in [5.74, 6) is 0.505. The molecule has 1 unspecified atom stereocenters. The Morgan fingerprint density at radius 1 is 1.26 bits per heavy atom. The number of nitrogens with one attached hydrogen (secondary N) is 1. The maximum absolute atomic E-state index is 8.92. The monoisotopic (exact) mass is 253 g/mol. The predicted octanol–water partition coefficient (Wildman–Crippen LogP) is 1.85. The standard InChI is InChI=1S/C14H15N5/c15-10-12-6-9-18-19-14(12)17-8-7-13(16)11-4-2-1-3-5-11/h1-6,9,13H,7-8,16H2,(H,17,19). The van der Waals surface area contributed by atoms with Gasteiger partial charge in [-0.25, -0.2) is 0 Å². The van der Waals surface area contributed by atoms with Gasteiger partial charge in [0, 0.05) is 12.6 Å². The number of nitriles is 1. The highest BCUT2D eigenvalue weighted by atomic mass is 15.2. The van der Waals surface area contributed by atoms with Gasteiger partial charge in [0.1, 0.15) is 6.07 Å². The summed E-state index contributed by atoms with van der Waals surface area (Å²) >= 11 is 0. The smallest absolute Gasteiger partial charge is 0.166 e. The van der Waals surface area contributed by atoms with E-state index in [-0.39, 0.29) is 6.04 Å². The Morgan fingerprint density at radius 3 is 2.79 bits per heavy atom. The molecule has 2 rings (SSSR count). The number of anilines is 1. The first kappa shape index (κ1) is 13.0. The third-order valence-electron chi connectivity index (χ3n) is 2.82. The third kappa shape index (κ3) is 3.50. The van der Waals surface area contributed by atoms with E-state index >= 15 is 0 Å². The van der Waals surface area contributed by atoms with Crippen molar-refractivity contribution in [2.24, 2.45) is 5.73 Å². The first-order chi connectivity index (χ1) is 9.31. The maximum Gasteiger partial charge on any atom is 0.166 e. The molecule has 96 valence electrons. The number of hydrogen-bond acceptors (Lipinski definition) is 5. The molecular weight excluding hydrogens is 238 g/mol. The molecule has 0 amide bonds. The molecule has 1 heterocycles. The van der Waals surface area contributed by atoms with Crippen LogP contribution in [0.4, 0.5) is 5.82 Å². The zero-order valence-corrected chi connectivity index (χ0v) is 10.5. The molecule has 0 bridgehead atoms. The first-order valence-electron chi connectivity index (χ1n) is 6.07. The van der Waals surface area contributed by atoms with E-state index in [1.807, 2.05) is 30.3 Å². The average molecular weight is 253 g/mol. The molecule has 0 fully saturated rings. The van der Waals surface area contributed by atoms with Gasteiger partial charge in [0.25, 0.3) is 0 Å². The molecule has 0 aliphatic rings. The quantitative estimate of drug-likeness (QED) is 0.849. The lowest BCUT2D eigenvalue weighted by atomic mass is 10.1. The first-order valence-corrected chi connectivity index (χ1v) is 6.07. The van der Waals surface area contributed by atoms with Gasteiger partial charge in [-0.1, -0.05) is 30.3 Å². The van der Waals surface area contributed by atoms with Crippen LogP contribution in [-0.2, 0) is 0 Å². The number of rotatable bonds is 5. The van der Waals surface area contributed by atoms with Gasteiger partial charge in [-0.05, 0) is 18.1 Å². The van der Waals surface area contributed by atoms with Crippen LogP contribution in [0.2, 0.25) is 0 Å². The Kier molecular flexibility index (Phi) is 4.43. The Balaban J connectivity index is 1.89. The van der Waals surface area contributed by atoms with Crippen LogP contribution in [-0.4, -0.2) is 16.7 Å². The van der Waals surface area contributed by atoms with Gasteiger partial charge in [-0.2, -0.15) is 10.4 Å². The van der Waals surface area contributed by atoms with Crippen molar-refractivity contribution in [2.45, 2.75) is 12.5 Å². The second-order valence-corrected chi connectivity index (χ2v) is 4.14. The summed E-state index contributed by atoms with van der Waals surface area (Å²) in [6.45, 7) is 0.642. The molecular formula is C14H15N5. The summed E-state index contributed by atoms with van der Waals surface area (Å²) in [5, 5.41) is 19.7. The molecule has 3 N–H and O–H groups in total. The van der Waals surface area contributed by atoms with Crippen molar-refractivity contribution in [2.75, 3.05) is 11.9 Å². The molecule has 19 heavy (non-hydrogen) atoms. The molecule has 0 saturated heterocycles. The molecule has 1 aromatic carbocycles. The Hall–Kier alpha value is -2.45. The summed E-state index contributed by atoms with van der Waals surface area (Å²) < 4.78 is 0. The minimum atomic E-state index is -0.0316. The van der Waals surface area contributed by atoms with Crippen molar-refractivity contribution in [3.8, 4) is 6.07 Å². The van der Waals surface area contributed by atoms with E-state index < -0.39 is 0 Å². The fourth-order valence-corrected chi connectivity index (χ4v) is 1.77. The predicted molar refractivity (Wildman–Crippen MR) is 73.2 cm³/mol. The topological polar surface area (TPSA) is 87.6 Å². The van der Waals surface area contributed by atoms with Crippen LogP contribution in [0.25, 0.3) is 0 Å². The minimum Gasteiger partial charge on any atom is -0.367 e. The van der Waals surface area contributed by atoms with Crippen molar-refractivity contribution in [3.63, 3.8) is 0 Å². The molecule has 2 aromatic rings. The van der Waals surface area contributed by atoms with E-state index in [9.17, 15) is 0 Å². The number of hydrogen-bond donors (Lipinski definition) is 2. The lowest BCUT2D eigenvalue weighted by Crippen LogP contribution is -2.16. The molecule has 1 aromatic heterocycles. The Bertz CT molecular complexity index is 562. The molecule has 0 radical (unpaired) electrons. The van der Waals surface area contributed by atoms with E-state index in [4.69, 9.17) is 11.0 Å². The van der Waals surface area contributed by atoms with Crippen LogP contribution >= 0.6 is 0 Å². The fraction of sp³-hybridized carbons (Fsp3) is 0.214. The summed E-state index contributed by atoms with van der Waals surface area (Å²) in [4.78, 5) is 0. The molecule has 0 aliphatic carbocycles. The Morgan fingerprint density at radius 2 is 2.05 bits per heavy atom. The van der Waals surface area contributed by atoms with Crippen molar-refractivity contribution < 1.29 is 0 Å². The zero-order valence-electron chi connectivity index (χ0n) is 10.5. The molecule has 0 saturated carbocycles. The van der Waals surface area contributed by atoms with Gasteiger partial charge in [0.05, 0.1) is 11.8 Å². The lowest BCUT2D eigenvalue weighted by Gasteiger charge is -2.12. The van der Waals surface area contributed by atoms with Crippen LogP contribution in [0.5, 0.6) is 0 Å². The normalized spacial score (nSPS) is 11.6. The maximum atomic E-state index is 8.92. The van der Waals surface area contributed by atoms with E-state index in [1.54, 1.807) is 6.07 Å². The summed E-state index contributed by atoms with van der Waals surface area (Å²) in [6.07, 6.45) is 2.25. The van der Waals surface area contributed by atoms with Crippen LogP contribution in [0.1, 0.15) is 23.6 Å². The number of nitrogens with two attached hydrogens (primary N) is 1. The lowest BCUT2D eigenvalue weighted by molar-refractivity contribution is 0.673. The van der Waals surface area contributed by atoms with Crippen molar-refractivity contribution >= 4 is 5.82 Å². The summed E-state index contributed by atoms with van der Waals surface area (Å²) in [7, 11) is 0. The van der Waals surface area contributed by atoms with Gasteiger partial charge < -0.3 is 11.1 Å². The second kappa shape index (κ2) is 6.47. The fourth-order valence-electron chi connectivity index (χ4n) is 1.77. The molecule has 0 aliphatic heterocycles. The molecule has 0 spiro atoms. The highest BCUT2D eigenvalue weighted by molar-refractivity contribution is 5.50. The SMILES string of the molecule is N#Cc1ccnnc1NCCC(N)c1ccccc1. The van der Waals surface area contributed by atoms with E-state index in [2.05, 4.69) is 21.6 Å².